The highest BCUT2D eigenvalue weighted by Crippen LogP contribution is 2.17. The Morgan fingerprint density at radius 1 is 1.33 bits per heavy atom. The molecule has 2 N–H and O–H groups in total. The van der Waals surface area contributed by atoms with Crippen molar-refractivity contribution in [2.45, 2.75) is 32.4 Å². The first-order valence-electron chi connectivity index (χ1n) is 5.04. The van der Waals surface area contributed by atoms with Crippen LogP contribution in [0.25, 0.3) is 0 Å². The fourth-order valence-corrected chi connectivity index (χ4v) is 1.21. The Bertz CT molecular complexity index is 320. The summed E-state index contributed by atoms with van der Waals surface area (Å²) in [4.78, 5) is 0. The molecule has 0 spiro atoms. The summed E-state index contributed by atoms with van der Waals surface area (Å²) in [6.07, 6.45) is 0. The molecule has 1 atom stereocenters. The molecule has 3 heteroatoms. The lowest BCUT2D eigenvalue weighted by Crippen LogP contribution is -2.26. The van der Waals surface area contributed by atoms with Gasteiger partial charge in [0.05, 0.1) is 18.2 Å². The van der Waals surface area contributed by atoms with Crippen LogP contribution in [0.15, 0.2) is 24.3 Å². The van der Waals surface area contributed by atoms with Crippen LogP contribution in [0, 0.1) is 5.82 Å². The molecule has 0 saturated heterocycles. The van der Waals surface area contributed by atoms with E-state index in [1.165, 1.54) is 6.07 Å². The van der Waals surface area contributed by atoms with Gasteiger partial charge in [0.25, 0.3) is 0 Å². The Balaban J connectivity index is 2.62. The second kappa shape index (κ2) is 4.73. The molecule has 0 saturated carbocycles. The van der Waals surface area contributed by atoms with E-state index in [4.69, 9.17) is 10.5 Å². The molecule has 0 aliphatic rings. The summed E-state index contributed by atoms with van der Waals surface area (Å²) in [5.74, 6) is -0.275. The Labute approximate surface area is 90.2 Å². The lowest BCUT2D eigenvalue weighted by atomic mass is 10.1. The predicted molar refractivity (Wildman–Crippen MR) is 59.0 cm³/mol. The summed E-state index contributed by atoms with van der Waals surface area (Å²) in [6, 6.07) is 6.11. The predicted octanol–water partition coefficient (Wildman–Crippen LogP) is 2.64. The number of benzene rings is 1. The number of hydrogen-bond acceptors (Lipinski definition) is 2. The van der Waals surface area contributed by atoms with Crippen LogP contribution in [-0.4, -0.2) is 12.2 Å². The Kier molecular flexibility index (Phi) is 3.83. The van der Waals surface area contributed by atoms with Crippen molar-refractivity contribution in [3.05, 3.63) is 35.6 Å². The summed E-state index contributed by atoms with van der Waals surface area (Å²) >= 11 is 0. The molecule has 1 aromatic carbocycles. The largest absolute Gasteiger partial charge is 0.374 e. The zero-order valence-electron chi connectivity index (χ0n) is 9.46. The van der Waals surface area contributed by atoms with E-state index in [-0.39, 0.29) is 11.4 Å². The molecule has 0 aliphatic carbocycles. The van der Waals surface area contributed by atoms with Crippen LogP contribution < -0.4 is 5.73 Å². The maximum Gasteiger partial charge on any atom is 0.128 e. The average Bonchev–Trinajstić information content (AvgIpc) is 2.14. The van der Waals surface area contributed by atoms with Gasteiger partial charge in [-0.3, -0.25) is 0 Å². The monoisotopic (exact) mass is 211 g/mol. The minimum atomic E-state index is -0.412. The van der Waals surface area contributed by atoms with Crippen LogP contribution in [0.3, 0.4) is 0 Å². The van der Waals surface area contributed by atoms with Crippen LogP contribution in [-0.2, 0) is 4.74 Å². The molecule has 1 aromatic rings. The molecule has 0 fully saturated rings. The van der Waals surface area contributed by atoms with Crippen molar-refractivity contribution >= 4 is 0 Å². The first-order chi connectivity index (χ1) is 6.90. The lowest BCUT2D eigenvalue weighted by Gasteiger charge is -2.22. The standard InChI is InChI=1S/C12H18FNO/c1-12(2,3)15-8-11(14)9-6-4-5-7-10(9)13/h4-7,11H,8,14H2,1-3H3. The van der Waals surface area contributed by atoms with E-state index in [1.54, 1.807) is 18.2 Å². The van der Waals surface area contributed by atoms with E-state index >= 15 is 0 Å². The third-order valence-electron chi connectivity index (χ3n) is 2.00. The summed E-state index contributed by atoms with van der Waals surface area (Å²) in [5, 5.41) is 0. The van der Waals surface area contributed by atoms with Crippen molar-refractivity contribution in [3.8, 4) is 0 Å². The minimum absolute atomic E-state index is 0.247. The number of ether oxygens (including phenoxy) is 1. The summed E-state index contributed by atoms with van der Waals surface area (Å²) < 4.78 is 18.8. The molecule has 0 aromatic heterocycles. The van der Waals surface area contributed by atoms with Gasteiger partial charge in [0, 0.05) is 5.56 Å². The highest BCUT2D eigenvalue weighted by Gasteiger charge is 2.15. The van der Waals surface area contributed by atoms with Crippen molar-refractivity contribution in [2.24, 2.45) is 5.73 Å². The third kappa shape index (κ3) is 3.98. The lowest BCUT2D eigenvalue weighted by molar-refractivity contribution is -0.0105. The van der Waals surface area contributed by atoms with E-state index in [2.05, 4.69) is 0 Å². The Morgan fingerprint density at radius 2 is 1.93 bits per heavy atom. The molecular formula is C12H18FNO. The van der Waals surface area contributed by atoms with Crippen molar-refractivity contribution in [2.75, 3.05) is 6.61 Å². The van der Waals surface area contributed by atoms with E-state index < -0.39 is 6.04 Å². The Hall–Kier alpha value is -0.930. The quantitative estimate of drug-likeness (QED) is 0.834. The third-order valence-corrected chi connectivity index (χ3v) is 2.00. The average molecular weight is 211 g/mol. The van der Waals surface area contributed by atoms with E-state index in [1.807, 2.05) is 20.8 Å². The topological polar surface area (TPSA) is 35.2 Å². The van der Waals surface area contributed by atoms with Crippen molar-refractivity contribution in [1.29, 1.82) is 0 Å². The van der Waals surface area contributed by atoms with E-state index in [0.29, 0.717) is 12.2 Å². The van der Waals surface area contributed by atoms with Gasteiger partial charge < -0.3 is 10.5 Å². The Morgan fingerprint density at radius 3 is 2.47 bits per heavy atom. The normalized spacial score (nSPS) is 13.9. The van der Waals surface area contributed by atoms with E-state index in [9.17, 15) is 4.39 Å². The van der Waals surface area contributed by atoms with Gasteiger partial charge in [-0.1, -0.05) is 18.2 Å². The van der Waals surface area contributed by atoms with Gasteiger partial charge in [0.15, 0.2) is 0 Å². The molecule has 0 aliphatic heterocycles. The van der Waals surface area contributed by atoms with Gasteiger partial charge >= 0.3 is 0 Å². The number of halogens is 1. The second-order valence-corrected chi connectivity index (χ2v) is 4.55. The van der Waals surface area contributed by atoms with Crippen molar-refractivity contribution < 1.29 is 9.13 Å². The van der Waals surface area contributed by atoms with Gasteiger partial charge in [-0.05, 0) is 26.8 Å². The molecule has 0 bridgehead atoms. The molecule has 0 radical (unpaired) electrons. The summed E-state index contributed by atoms with van der Waals surface area (Å²) in [7, 11) is 0. The first-order valence-corrected chi connectivity index (χ1v) is 5.04. The fourth-order valence-electron chi connectivity index (χ4n) is 1.21. The summed E-state index contributed by atoms with van der Waals surface area (Å²) in [5.41, 5.74) is 6.09. The van der Waals surface area contributed by atoms with E-state index in [0.717, 1.165) is 0 Å². The van der Waals surface area contributed by atoms with Crippen molar-refractivity contribution in [3.63, 3.8) is 0 Å². The number of nitrogens with two attached hydrogens (primary N) is 1. The zero-order chi connectivity index (χ0) is 11.5. The van der Waals surface area contributed by atoms with Crippen LogP contribution in [0.2, 0.25) is 0 Å². The molecule has 1 rings (SSSR count). The van der Waals surface area contributed by atoms with Crippen LogP contribution >= 0.6 is 0 Å². The van der Waals surface area contributed by atoms with Gasteiger partial charge in [0.2, 0.25) is 0 Å². The zero-order valence-corrected chi connectivity index (χ0v) is 9.46. The fraction of sp³-hybridized carbons (Fsp3) is 0.500. The maximum atomic E-state index is 13.3. The molecule has 2 nitrogen and oxygen atoms in total. The van der Waals surface area contributed by atoms with Crippen LogP contribution in [0.4, 0.5) is 4.39 Å². The molecule has 1 unspecified atom stereocenters. The smallest absolute Gasteiger partial charge is 0.128 e. The van der Waals surface area contributed by atoms with Gasteiger partial charge in [0.1, 0.15) is 5.82 Å². The van der Waals surface area contributed by atoms with Crippen LogP contribution in [0.5, 0.6) is 0 Å². The molecule has 0 heterocycles. The van der Waals surface area contributed by atoms with Gasteiger partial charge in [-0.2, -0.15) is 0 Å². The molecule has 15 heavy (non-hydrogen) atoms. The number of hydrogen-bond donors (Lipinski definition) is 1. The molecule has 0 amide bonds. The first kappa shape index (κ1) is 12.1. The van der Waals surface area contributed by atoms with Crippen molar-refractivity contribution in [1.82, 2.24) is 0 Å². The maximum absolute atomic E-state index is 13.3. The summed E-state index contributed by atoms with van der Waals surface area (Å²) in [6.45, 7) is 6.16. The highest BCUT2D eigenvalue weighted by molar-refractivity contribution is 5.20. The van der Waals surface area contributed by atoms with Gasteiger partial charge in [-0.15, -0.1) is 0 Å². The minimum Gasteiger partial charge on any atom is -0.374 e. The number of rotatable bonds is 3. The second-order valence-electron chi connectivity index (χ2n) is 4.55. The molecule has 84 valence electrons. The van der Waals surface area contributed by atoms with Gasteiger partial charge in [-0.25, -0.2) is 4.39 Å². The highest BCUT2D eigenvalue weighted by atomic mass is 19.1. The molecular weight excluding hydrogens is 193 g/mol. The van der Waals surface area contributed by atoms with Crippen LogP contribution in [0.1, 0.15) is 32.4 Å². The SMILES string of the molecule is CC(C)(C)OCC(N)c1ccccc1F.